The zero-order valence-corrected chi connectivity index (χ0v) is 12.8. The third kappa shape index (κ3) is 4.34. The van der Waals surface area contributed by atoms with Crippen LogP contribution >= 0.6 is 0 Å². The molecular weight excluding hydrogens is 276 g/mol. The number of anilines is 2. The third-order valence-corrected chi connectivity index (χ3v) is 3.24. The first kappa shape index (κ1) is 15.6. The van der Waals surface area contributed by atoms with Crippen molar-refractivity contribution in [1.82, 2.24) is 5.43 Å². The molecule has 0 fully saturated rings. The normalized spacial score (nSPS) is 11.1. The Kier molecular flexibility index (Phi) is 5.14. The standard InChI is InChI=1S/C17H20N4O/c1-12-6-3-4-9-16(12)19-11-17(22)21-20-13(2)14-7-5-8-15(18)10-14/h3-10,19H,11,18H2,1-2H3,(H,21,22). The van der Waals surface area contributed by atoms with Gasteiger partial charge in [-0.1, -0.05) is 30.3 Å². The molecule has 5 nitrogen and oxygen atoms in total. The van der Waals surface area contributed by atoms with Crippen LogP contribution in [-0.2, 0) is 4.79 Å². The number of rotatable bonds is 5. The number of hydrazone groups is 1. The highest BCUT2D eigenvalue weighted by Gasteiger charge is 2.03. The number of nitrogen functional groups attached to an aromatic ring is 1. The molecule has 0 saturated heterocycles. The minimum Gasteiger partial charge on any atom is -0.399 e. The second-order valence-electron chi connectivity index (χ2n) is 5.03. The van der Waals surface area contributed by atoms with E-state index in [1.54, 1.807) is 0 Å². The SMILES string of the molecule is CC(=NNC(=O)CNc1ccccc1C)c1cccc(N)c1. The first-order valence-electron chi connectivity index (χ1n) is 7.05. The molecule has 2 aromatic carbocycles. The van der Waals surface area contributed by atoms with E-state index < -0.39 is 0 Å². The van der Waals surface area contributed by atoms with Crippen LogP contribution in [0.4, 0.5) is 11.4 Å². The molecule has 0 heterocycles. The largest absolute Gasteiger partial charge is 0.399 e. The Morgan fingerprint density at radius 2 is 1.95 bits per heavy atom. The highest BCUT2D eigenvalue weighted by molar-refractivity contribution is 6.00. The summed E-state index contributed by atoms with van der Waals surface area (Å²) in [5, 5.41) is 7.18. The number of carbonyl (C=O) groups excluding carboxylic acids is 1. The van der Waals surface area contributed by atoms with Gasteiger partial charge < -0.3 is 11.1 Å². The van der Waals surface area contributed by atoms with Gasteiger partial charge in [0.15, 0.2) is 0 Å². The molecule has 0 radical (unpaired) electrons. The second-order valence-corrected chi connectivity index (χ2v) is 5.03. The number of hydrogen-bond acceptors (Lipinski definition) is 4. The van der Waals surface area contributed by atoms with Crippen molar-refractivity contribution < 1.29 is 4.79 Å². The number of nitrogens with one attached hydrogen (secondary N) is 2. The lowest BCUT2D eigenvalue weighted by Gasteiger charge is -2.08. The summed E-state index contributed by atoms with van der Waals surface area (Å²) in [6.45, 7) is 3.98. The fraction of sp³-hybridized carbons (Fsp3) is 0.176. The molecule has 0 bridgehead atoms. The van der Waals surface area contributed by atoms with Crippen LogP contribution in [0, 0.1) is 6.92 Å². The molecule has 1 amide bonds. The molecule has 2 rings (SSSR count). The van der Waals surface area contributed by atoms with E-state index in [1.165, 1.54) is 0 Å². The van der Waals surface area contributed by atoms with Gasteiger partial charge in [-0.2, -0.15) is 5.10 Å². The molecule has 114 valence electrons. The van der Waals surface area contributed by atoms with E-state index in [-0.39, 0.29) is 12.5 Å². The lowest BCUT2D eigenvalue weighted by molar-refractivity contribution is -0.119. The quantitative estimate of drug-likeness (QED) is 0.450. The predicted molar refractivity (Wildman–Crippen MR) is 90.9 cm³/mol. The Hall–Kier alpha value is -2.82. The zero-order chi connectivity index (χ0) is 15.9. The summed E-state index contributed by atoms with van der Waals surface area (Å²) in [5.41, 5.74) is 12.5. The van der Waals surface area contributed by atoms with Crippen LogP contribution in [0.3, 0.4) is 0 Å². The number of benzene rings is 2. The molecular formula is C17H20N4O. The van der Waals surface area contributed by atoms with Crippen LogP contribution in [0.15, 0.2) is 53.6 Å². The maximum absolute atomic E-state index is 11.8. The minimum absolute atomic E-state index is 0.165. The van der Waals surface area contributed by atoms with Crippen LogP contribution in [0.5, 0.6) is 0 Å². The molecule has 0 unspecified atom stereocenters. The van der Waals surface area contributed by atoms with Gasteiger partial charge in [0.25, 0.3) is 5.91 Å². The number of carbonyl (C=O) groups is 1. The molecule has 0 spiro atoms. The molecule has 4 N–H and O–H groups in total. The summed E-state index contributed by atoms with van der Waals surface area (Å²) < 4.78 is 0. The van der Waals surface area contributed by atoms with E-state index in [0.29, 0.717) is 11.4 Å². The van der Waals surface area contributed by atoms with Crippen molar-refractivity contribution in [1.29, 1.82) is 0 Å². The van der Waals surface area contributed by atoms with Gasteiger partial charge in [0, 0.05) is 11.4 Å². The fourth-order valence-electron chi connectivity index (χ4n) is 1.96. The van der Waals surface area contributed by atoms with Crippen molar-refractivity contribution in [2.24, 2.45) is 5.10 Å². The van der Waals surface area contributed by atoms with Crippen molar-refractivity contribution in [3.63, 3.8) is 0 Å². The van der Waals surface area contributed by atoms with Crippen molar-refractivity contribution in [3.8, 4) is 0 Å². The summed E-state index contributed by atoms with van der Waals surface area (Å²) in [7, 11) is 0. The van der Waals surface area contributed by atoms with Crippen molar-refractivity contribution >= 4 is 23.0 Å². The lowest BCUT2D eigenvalue weighted by atomic mass is 10.1. The summed E-state index contributed by atoms with van der Waals surface area (Å²) in [6.07, 6.45) is 0. The van der Waals surface area contributed by atoms with Crippen LogP contribution in [0.25, 0.3) is 0 Å². The smallest absolute Gasteiger partial charge is 0.259 e. The Morgan fingerprint density at radius 3 is 2.68 bits per heavy atom. The molecule has 0 saturated carbocycles. The predicted octanol–water partition coefficient (Wildman–Crippen LogP) is 2.53. The second kappa shape index (κ2) is 7.26. The Morgan fingerprint density at radius 1 is 1.18 bits per heavy atom. The lowest BCUT2D eigenvalue weighted by Crippen LogP contribution is -2.27. The summed E-state index contributed by atoms with van der Waals surface area (Å²) >= 11 is 0. The molecule has 0 atom stereocenters. The molecule has 5 heteroatoms. The van der Waals surface area contributed by atoms with Gasteiger partial charge in [0.2, 0.25) is 0 Å². The van der Waals surface area contributed by atoms with E-state index in [2.05, 4.69) is 15.8 Å². The maximum Gasteiger partial charge on any atom is 0.259 e. The number of hydrogen-bond donors (Lipinski definition) is 3. The Bertz CT molecular complexity index is 695. The number of amides is 1. The highest BCUT2D eigenvalue weighted by atomic mass is 16.2. The monoisotopic (exact) mass is 296 g/mol. The first-order chi connectivity index (χ1) is 10.6. The van der Waals surface area contributed by atoms with E-state index in [1.807, 2.05) is 62.4 Å². The molecule has 0 aliphatic carbocycles. The topological polar surface area (TPSA) is 79.5 Å². The number of para-hydroxylation sites is 1. The molecule has 0 aliphatic heterocycles. The maximum atomic E-state index is 11.8. The van der Waals surface area contributed by atoms with Crippen molar-refractivity contribution in [3.05, 3.63) is 59.7 Å². The van der Waals surface area contributed by atoms with Gasteiger partial charge in [-0.3, -0.25) is 4.79 Å². The molecule has 0 aliphatic rings. The average Bonchev–Trinajstić information content (AvgIpc) is 2.52. The van der Waals surface area contributed by atoms with Crippen molar-refractivity contribution in [2.75, 3.05) is 17.6 Å². The number of nitrogens with zero attached hydrogens (tertiary/aromatic N) is 1. The van der Waals surface area contributed by atoms with Crippen LogP contribution < -0.4 is 16.5 Å². The Labute approximate surface area is 130 Å². The third-order valence-electron chi connectivity index (χ3n) is 3.24. The van der Waals surface area contributed by atoms with Crippen LogP contribution in [0.1, 0.15) is 18.1 Å². The van der Waals surface area contributed by atoms with Crippen LogP contribution in [0.2, 0.25) is 0 Å². The molecule has 2 aromatic rings. The van der Waals surface area contributed by atoms with Gasteiger partial charge in [-0.05, 0) is 43.2 Å². The summed E-state index contributed by atoms with van der Waals surface area (Å²) in [5.74, 6) is -0.202. The summed E-state index contributed by atoms with van der Waals surface area (Å²) in [6, 6.07) is 15.2. The van der Waals surface area contributed by atoms with Crippen LogP contribution in [-0.4, -0.2) is 18.2 Å². The zero-order valence-electron chi connectivity index (χ0n) is 12.8. The van der Waals surface area contributed by atoms with Gasteiger partial charge in [-0.25, -0.2) is 5.43 Å². The first-order valence-corrected chi connectivity index (χ1v) is 7.05. The summed E-state index contributed by atoms with van der Waals surface area (Å²) in [4.78, 5) is 11.8. The fourth-order valence-corrected chi connectivity index (χ4v) is 1.96. The van der Waals surface area contributed by atoms with Crippen molar-refractivity contribution in [2.45, 2.75) is 13.8 Å². The van der Waals surface area contributed by atoms with E-state index in [9.17, 15) is 4.79 Å². The molecule has 0 aromatic heterocycles. The van der Waals surface area contributed by atoms with E-state index >= 15 is 0 Å². The van der Waals surface area contributed by atoms with Gasteiger partial charge in [0.1, 0.15) is 0 Å². The van der Waals surface area contributed by atoms with Gasteiger partial charge in [-0.15, -0.1) is 0 Å². The number of nitrogens with two attached hydrogens (primary N) is 1. The number of aryl methyl sites for hydroxylation is 1. The Balaban J connectivity index is 1.90. The minimum atomic E-state index is -0.202. The average molecular weight is 296 g/mol. The van der Waals surface area contributed by atoms with E-state index in [0.717, 1.165) is 16.8 Å². The van der Waals surface area contributed by atoms with Gasteiger partial charge in [0.05, 0.1) is 12.3 Å². The highest BCUT2D eigenvalue weighted by Crippen LogP contribution is 2.12. The molecule has 22 heavy (non-hydrogen) atoms. The van der Waals surface area contributed by atoms with E-state index in [4.69, 9.17) is 5.73 Å². The van der Waals surface area contributed by atoms with Gasteiger partial charge >= 0.3 is 0 Å².